The highest BCUT2D eigenvalue weighted by atomic mass is 16.4. The number of rotatable bonds is 6. The molecule has 2 saturated carbocycles. The van der Waals surface area contributed by atoms with E-state index in [1.165, 1.54) is 5.57 Å². The van der Waals surface area contributed by atoms with E-state index < -0.39 is 46.3 Å². The van der Waals surface area contributed by atoms with Gasteiger partial charge in [-0.15, -0.1) is 0 Å². The molecule has 0 aromatic rings. The summed E-state index contributed by atoms with van der Waals surface area (Å²) in [6.45, 7) is 18.7. The summed E-state index contributed by atoms with van der Waals surface area (Å²) in [6, 6.07) is 0. The molecule has 4 aliphatic rings. The highest BCUT2D eigenvalue weighted by molar-refractivity contribution is 5.86. The van der Waals surface area contributed by atoms with Crippen molar-refractivity contribution in [1.82, 2.24) is 0 Å². The first-order chi connectivity index (χ1) is 16.5. The molecule has 5 nitrogen and oxygen atoms in total. The second-order valence-electron chi connectivity index (χ2n) is 13.8. The van der Waals surface area contributed by atoms with Crippen LogP contribution in [0.2, 0.25) is 0 Å². The Morgan fingerprint density at radius 2 is 1.78 bits per heavy atom. The van der Waals surface area contributed by atoms with Crippen molar-refractivity contribution >= 4 is 11.8 Å². The summed E-state index contributed by atoms with van der Waals surface area (Å²) in [4.78, 5) is 25.4. The molecule has 0 radical (unpaired) electrons. The van der Waals surface area contributed by atoms with Gasteiger partial charge in [0.2, 0.25) is 0 Å². The van der Waals surface area contributed by atoms with Crippen LogP contribution in [-0.2, 0) is 9.59 Å². The first-order valence-corrected chi connectivity index (χ1v) is 13.8. The molecule has 8 atom stereocenters. The van der Waals surface area contributed by atoms with Crippen molar-refractivity contribution in [3.8, 4) is 0 Å². The van der Waals surface area contributed by atoms with Gasteiger partial charge in [0.05, 0.1) is 18.1 Å². The number of aliphatic hydroxyl groups is 2. The number of carboxylic acid groups (broad SMARTS) is 1. The van der Waals surface area contributed by atoms with Gasteiger partial charge in [-0.3, -0.25) is 9.59 Å². The Morgan fingerprint density at radius 3 is 2.36 bits per heavy atom. The fourth-order valence-electron chi connectivity index (χ4n) is 8.88. The molecule has 2 fully saturated rings. The van der Waals surface area contributed by atoms with Crippen LogP contribution >= 0.6 is 0 Å². The molecule has 0 bridgehead atoms. The van der Waals surface area contributed by atoms with Gasteiger partial charge in [-0.05, 0) is 60.0 Å². The third kappa shape index (κ3) is 3.63. The molecule has 0 amide bonds. The molecule has 0 spiro atoms. The van der Waals surface area contributed by atoms with E-state index in [-0.39, 0.29) is 17.1 Å². The average Bonchev–Trinajstić information content (AvgIpc) is 2.97. The summed E-state index contributed by atoms with van der Waals surface area (Å²) in [7, 11) is 0. The Morgan fingerprint density at radius 1 is 1.14 bits per heavy atom. The molecule has 4 rings (SSSR count). The number of carboxylic acids is 1. The maximum atomic E-state index is 12.8. The number of allylic oxidation sites excluding steroid dienone is 4. The Bertz CT molecular complexity index is 1030. The lowest BCUT2D eigenvalue weighted by Crippen LogP contribution is -2.57. The van der Waals surface area contributed by atoms with Gasteiger partial charge in [-0.25, -0.2) is 0 Å². The van der Waals surface area contributed by atoms with E-state index in [0.717, 1.165) is 11.1 Å². The molecule has 4 aliphatic carbocycles. The van der Waals surface area contributed by atoms with Gasteiger partial charge in [0.25, 0.3) is 0 Å². The van der Waals surface area contributed by atoms with Crippen LogP contribution in [0, 0.1) is 45.3 Å². The summed E-state index contributed by atoms with van der Waals surface area (Å²) in [6.07, 6.45) is 6.16. The number of carbonyl (C=O) groups excluding carboxylic acids is 1. The van der Waals surface area contributed by atoms with Crippen molar-refractivity contribution < 1.29 is 24.9 Å². The van der Waals surface area contributed by atoms with E-state index in [1.54, 1.807) is 0 Å². The number of hydrogen-bond donors (Lipinski definition) is 3. The Kier molecular flexibility index (Phi) is 6.57. The molecule has 200 valence electrons. The highest BCUT2D eigenvalue weighted by Crippen LogP contribution is 2.71. The molecule has 0 aliphatic heterocycles. The van der Waals surface area contributed by atoms with Crippen molar-refractivity contribution in [2.24, 2.45) is 45.3 Å². The monoisotopic (exact) mass is 498 g/mol. The summed E-state index contributed by atoms with van der Waals surface area (Å²) < 4.78 is 0. The second kappa shape index (κ2) is 8.66. The fraction of sp³-hybridized carbons (Fsp3) is 0.742. The summed E-state index contributed by atoms with van der Waals surface area (Å²) >= 11 is 0. The third-order valence-electron chi connectivity index (χ3n) is 11.3. The third-order valence-corrected chi connectivity index (χ3v) is 11.3. The highest BCUT2D eigenvalue weighted by Gasteiger charge is 2.67. The van der Waals surface area contributed by atoms with Crippen LogP contribution in [0.15, 0.2) is 35.5 Å². The van der Waals surface area contributed by atoms with E-state index in [2.05, 4.69) is 47.3 Å². The Labute approximate surface area is 216 Å². The maximum absolute atomic E-state index is 12.8. The normalized spacial score (nSPS) is 42.1. The number of aliphatic carboxylic acids is 1. The molecular formula is C31H46O5. The topological polar surface area (TPSA) is 94.8 Å². The molecule has 3 N–H and O–H groups in total. The van der Waals surface area contributed by atoms with Gasteiger partial charge in [0, 0.05) is 29.1 Å². The predicted octanol–water partition coefficient (Wildman–Crippen LogP) is 5.72. The van der Waals surface area contributed by atoms with Crippen LogP contribution in [0.5, 0.6) is 0 Å². The van der Waals surface area contributed by atoms with E-state index in [0.29, 0.717) is 44.4 Å². The molecule has 0 aromatic heterocycles. The Hall–Kier alpha value is -1.72. The van der Waals surface area contributed by atoms with Gasteiger partial charge < -0.3 is 15.3 Å². The first kappa shape index (κ1) is 27.3. The van der Waals surface area contributed by atoms with Crippen molar-refractivity contribution in [2.45, 2.75) is 99.2 Å². The number of aliphatic hydroxyl groups excluding tert-OH is 2. The standard InChI is InChI=1S/C31H46O5/c1-17(2)18(3)9-10-19(27(35)36)25-23(33)16-31(8)21-15-22(32)26-28(4,5)24(34)12-13-29(26,6)20(21)11-14-30(25,31)7/h11,15,17,19,22-23,25-26,32-33H,3,9-10,12-14,16H2,1-2,4-8H3,(H,35,36). The van der Waals surface area contributed by atoms with Crippen LogP contribution < -0.4 is 0 Å². The van der Waals surface area contributed by atoms with Crippen LogP contribution in [-0.4, -0.2) is 39.3 Å². The van der Waals surface area contributed by atoms with Crippen molar-refractivity contribution in [2.75, 3.05) is 0 Å². The van der Waals surface area contributed by atoms with Gasteiger partial charge in [-0.1, -0.05) is 72.8 Å². The minimum absolute atomic E-state index is 0.204. The zero-order valence-corrected chi connectivity index (χ0v) is 23.2. The smallest absolute Gasteiger partial charge is 0.306 e. The lowest BCUT2D eigenvalue weighted by atomic mass is 9.43. The second-order valence-corrected chi connectivity index (χ2v) is 13.8. The SMILES string of the molecule is C=C(CCC(C(=O)O)C1C(O)CC2(C)C3=CC(O)C4C(C)(C)C(=O)CCC4(C)C3=CCC12C)C(C)C. The quantitative estimate of drug-likeness (QED) is 0.408. The summed E-state index contributed by atoms with van der Waals surface area (Å²) in [5, 5.41) is 33.3. The lowest BCUT2D eigenvalue weighted by molar-refractivity contribution is -0.148. The molecule has 5 heteroatoms. The molecule has 0 aromatic carbocycles. The molecule has 0 heterocycles. The van der Waals surface area contributed by atoms with Crippen LogP contribution in [0.3, 0.4) is 0 Å². The number of ketones is 1. The zero-order valence-electron chi connectivity index (χ0n) is 23.2. The van der Waals surface area contributed by atoms with Crippen molar-refractivity contribution in [1.29, 1.82) is 0 Å². The van der Waals surface area contributed by atoms with Crippen LogP contribution in [0.25, 0.3) is 0 Å². The van der Waals surface area contributed by atoms with Gasteiger partial charge in [0.15, 0.2) is 0 Å². The van der Waals surface area contributed by atoms with Gasteiger partial charge in [0.1, 0.15) is 5.78 Å². The molecule has 8 unspecified atom stereocenters. The maximum Gasteiger partial charge on any atom is 0.306 e. The Balaban J connectivity index is 1.77. The van der Waals surface area contributed by atoms with Crippen LogP contribution in [0.4, 0.5) is 0 Å². The summed E-state index contributed by atoms with van der Waals surface area (Å²) in [5.41, 5.74) is 1.41. The number of hydrogen-bond acceptors (Lipinski definition) is 4. The average molecular weight is 499 g/mol. The molecular weight excluding hydrogens is 452 g/mol. The zero-order chi connectivity index (χ0) is 27.0. The van der Waals surface area contributed by atoms with E-state index in [9.17, 15) is 24.9 Å². The number of Topliss-reactive ketones (excluding diaryl/α,β-unsaturated/α-hetero) is 1. The van der Waals surface area contributed by atoms with Crippen LogP contribution in [0.1, 0.15) is 87.0 Å². The van der Waals surface area contributed by atoms with E-state index in [4.69, 9.17) is 0 Å². The van der Waals surface area contributed by atoms with Gasteiger partial charge in [-0.2, -0.15) is 0 Å². The predicted molar refractivity (Wildman–Crippen MR) is 141 cm³/mol. The number of fused-ring (bicyclic) bond motifs is 5. The molecule has 0 saturated heterocycles. The lowest BCUT2D eigenvalue weighted by Gasteiger charge is -2.60. The van der Waals surface area contributed by atoms with Crippen molar-refractivity contribution in [3.63, 3.8) is 0 Å². The van der Waals surface area contributed by atoms with Crippen molar-refractivity contribution in [3.05, 3.63) is 35.5 Å². The number of carbonyl (C=O) groups is 2. The minimum atomic E-state index is -0.854. The van der Waals surface area contributed by atoms with E-state index in [1.807, 2.05) is 19.9 Å². The fourth-order valence-corrected chi connectivity index (χ4v) is 8.88. The molecule has 36 heavy (non-hydrogen) atoms. The van der Waals surface area contributed by atoms with E-state index >= 15 is 0 Å². The largest absolute Gasteiger partial charge is 0.481 e. The summed E-state index contributed by atoms with van der Waals surface area (Å²) in [5.74, 6) is -1.62. The van der Waals surface area contributed by atoms with Gasteiger partial charge >= 0.3 is 5.97 Å². The first-order valence-electron chi connectivity index (χ1n) is 13.8. The minimum Gasteiger partial charge on any atom is -0.481 e.